The lowest BCUT2D eigenvalue weighted by atomic mass is 10.1. The van der Waals surface area contributed by atoms with Crippen LogP contribution in [-0.4, -0.2) is 25.5 Å². The van der Waals surface area contributed by atoms with Crippen LogP contribution in [0.4, 0.5) is 0 Å². The lowest BCUT2D eigenvalue weighted by Gasteiger charge is -2.11. The van der Waals surface area contributed by atoms with Gasteiger partial charge in [0.25, 0.3) is 0 Å². The van der Waals surface area contributed by atoms with Crippen molar-refractivity contribution in [1.29, 1.82) is 0 Å². The number of rotatable bonds is 5. The fraction of sp³-hybridized carbons (Fsp3) is 0.235. The van der Waals surface area contributed by atoms with Crippen LogP contribution < -0.4 is 5.32 Å². The highest BCUT2D eigenvalue weighted by Crippen LogP contribution is 2.19. The van der Waals surface area contributed by atoms with E-state index in [1.54, 1.807) is 15.6 Å². The van der Waals surface area contributed by atoms with Crippen LogP contribution in [0.5, 0.6) is 0 Å². The minimum Gasteiger partial charge on any atom is -0.349 e. The molecule has 2 heterocycles. The normalized spacial score (nSPS) is 12.1. The second-order valence-corrected chi connectivity index (χ2v) is 5.45. The van der Waals surface area contributed by atoms with Crippen LogP contribution >= 0.6 is 0 Å². The van der Waals surface area contributed by atoms with Gasteiger partial charge in [-0.15, -0.1) is 0 Å². The molecule has 0 fully saturated rings. The van der Waals surface area contributed by atoms with E-state index < -0.39 is 0 Å². The van der Waals surface area contributed by atoms with Gasteiger partial charge in [0, 0.05) is 25.0 Å². The summed E-state index contributed by atoms with van der Waals surface area (Å²) >= 11 is 0. The molecule has 0 aliphatic carbocycles. The van der Waals surface area contributed by atoms with Gasteiger partial charge in [-0.3, -0.25) is 14.2 Å². The first-order chi connectivity index (χ1) is 11.1. The molecule has 1 aromatic carbocycles. The molecule has 0 spiro atoms. The monoisotopic (exact) mass is 309 g/mol. The van der Waals surface area contributed by atoms with E-state index in [1.165, 1.54) is 0 Å². The summed E-state index contributed by atoms with van der Waals surface area (Å²) < 4.78 is 3.39. The maximum absolute atomic E-state index is 12.3. The molecular formula is C17H19N5O. The molecule has 2 aromatic heterocycles. The van der Waals surface area contributed by atoms with Crippen LogP contribution in [0.2, 0.25) is 0 Å². The van der Waals surface area contributed by atoms with Gasteiger partial charge in [0.1, 0.15) is 6.04 Å². The van der Waals surface area contributed by atoms with E-state index in [0.29, 0.717) is 6.54 Å². The molecule has 0 saturated carbocycles. The lowest BCUT2D eigenvalue weighted by molar-refractivity contribution is -0.124. The minimum atomic E-state index is -0.379. The predicted molar refractivity (Wildman–Crippen MR) is 87.4 cm³/mol. The summed E-state index contributed by atoms with van der Waals surface area (Å²) in [7, 11) is 1.85. The van der Waals surface area contributed by atoms with Gasteiger partial charge in [-0.2, -0.15) is 10.2 Å². The van der Waals surface area contributed by atoms with E-state index in [2.05, 4.69) is 15.5 Å². The van der Waals surface area contributed by atoms with Gasteiger partial charge in [0.2, 0.25) is 5.91 Å². The Balaban J connectivity index is 1.64. The van der Waals surface area contributed by atoms with E-state index >= 15 is 0 Å². The largest absolute Gasteiger partial charge is 0.349 e. The third-order valence-corrected chi connectivity index (χ3v) is 3.70. The summed E-state index contributed by atoms with van der Waals surface area (Å²) in [5.41, 5.74) is 2.91. The van der Waals surface area contributed by atoms with Crippen molar-refractivity contribution in [3.05, 3.63) is 60.7 Å². The summed E-state index contributed by atoms with van der Waals surface area (Å²) in [5.74, 6) is -0.0848. The first kappa shape index (κ1) is 15.0. The van der Waals surface area contributed by atoms with E-state index in [1.807, 2.05) is 62.8 Å². The smallest absolute Gasteiger partial charge is 0.244 e. The zero-order chi connectivity index (χ0) is 16.2. The Morgan fingerprint density at radius 1 is 1.22 bits per heavy atom. The highest BCUT2D eigenvalue weighted by Gasteiger charge is 2.16. The van der Waals surface area contributed by atoms with E-state index in [9.17, 15) is 4.79 Å². The zero-order valence-corrected chi connectivity index (χ0v) is 13.2. The van der Waals surface area contributed by atoms with Gasteiger partial charge in [-0.05, 0) is 18.6 Å². The topological polar surface area (TPSA) is 64.7 Å². The van der Waals surface area contributed by atoms with Gasteiger partial charge in [-0.25, -0.2) is 0 Å². The summed E-state index contributed by atoms with van der Waals surface area (Å²) in [6.07, 6.45) is 5.52. The summed E-state index contributed by atoms with van der Waals surface area (Å²) in [6, 6.07) is 11.5. The molecule has 0 bridgehead atoms. The summed E-state index contributed by atoms with van der Waals surface area (Å²) in [5, 5.41) is 11.4. The number of hydrogen-bond donors (Lipinski definition) is 1. The van der Waals surface area contributed by atoms with Crippen LogP contribution in [0.3, 0.4) is 0 Å². The fourth-order valence-corrected chi connectivity index (χ4v) is 2.33. The summed E-state index contributed by atoms with van der Waals surface area (Å²) in [6.45, 7) is 2.24. The molecule has 0 radical (unpaired) electrons. The molecule has 23 heavy (non-hydrogen) atoms. The number of aryl methyl sites for hydroxylation is 1. The van der Waals surface area contributed by atoms with Gasteiger partial charge < -0.3 is 5.32 Å². The van der Waals surface area contributed by atoms with E-state index in [-0.39, 0.29) is 11.9 Å². The standard InChI is InChI=1S/C17H19N5O/c1-13(17(23)18-11-16-8-9-21(2)20-16)22-12-15(10-19-22)14-6-4-3-5-7-14/h3-10,12-13H,11H2,1-2H3,(H,18,23). The number of hydrogen-bond acceptors (Lipinski definition) is 3. The third kappa shape index (κ3) is 3.48. The maximum Gasteiger partial charge on any atom is 0.244 e. The van der Waals surface area contributed by atoms with Gasteiger partial charge in [-0.1, -0.05) is 30.3 Å². The molecule has 1 unspecified atom stereocenters. The SMILES string of the molecule is CC(C(=O)NCc1ccn(C)n1)n1cc(-c2ccccc2)cn1. The Labute approximate surface area is 134 Å². The van der Waals surface area contributed by atoms with Crippen molar-refractivity contribution < 1.29 is 4.79 Å². The highest BCUT2D eigenvalue weighted by atomic mass is 16.2. The molecular weight excluding hydrogens is 290 g/mol. The molecule has 1 atom stereocenters. The van der Waals surface area contributed by atoms with Crippen molar-refractivity contribution in [3.8, 4) is 11.1 Å². The lowest BCUT2D eigenvalue weighted by Crippen LogP contribution is -2.31. The number of amides is 1. The predicted octanol–water partition coefficient (Wildman–Crippen LogP) is 2.16. The molecule has 1 amide bonds. The average Bonchev–Trinajstić information content (AvgIpc) is 3.22. The molecule has 6 heteroatoms. The van der Waals surface area contributed by atoms with E-state index in [0.717, 1.165) is 16.8 Å². The molecule has 0 aliphatic rings. The molecule has 1 N–H and O–H groups in total. The van der Waals surface area contributed by atoms with Crippen molar-refractivity contribution in [2.45, 2.75) is 19.5 Å². The van der Waals surface area contributed by atoms with Crippen LogP contribution in [-0.2, 0) is 18.4 Å². The van der Waals surface area contributed by atoms with Crippen molar-refractivity contribution >= 4 is 5.91 Å². The second-order valence-electron chi connectivity index (χ2n) is 5.45. The second kappa shape index (κ2) is 6.48. The van der Waals surface area contributed by atoms with Crippen molar-refractivity contribution in [1.82, 2.24) is 24.9 Å². The Morgan fingerprint density at radius 3 is 2.70 bits per heavy atom. The Kier molecular flexibility index (Phi) is 4.23. The van der Waals surface area contributed by atoms with Gasteiger partial charge in [0.05, 0.1) is 18.4 Å². The van der Waals surface area contributed by atoms with Crippen LogP contribution in [0.15, 0.2) is 55.0 Å². The highest BCUT2D eigenvalue weighted by molar-refractivity contribution is 5.79. The quantitative estimate of drug-likeness (QED) is 0.785. The Morgan fingerprint density at radius 2 is 2.00 bits per heavy atom. The zero-order valence-electron chi connectivity index (χ0n) is 13.2. The van der Waals surface area contributed by atoms with Crippen LogP contribution in [0, 0.1) is 0 Å². The first-order valence-electron chi connectivity index (χ1n) is 7.49. The van der Waals surface area contributed by atoms with Crippen molar-refractivity contribution in [2.75, 3.05) is 0 Å². The van der Waals surface area contributed by atoms with Crippen LogP contribution in [0.1, 0.15) is 18.7 Å². The molecule has 118 valence electrons. The molecule has 0 saturated heterocycles. The van der Waals surface area contributed by atoms with Crippen molar-refractivity contribution in [2.24, 2.45) is 7.05 Å². The molecule has 0 aliphatic heterocycles. The number of benzene rings is 1. The van der Waals surface area contributed by atoms with Gasteiger partial charge in [0.15, 0.2) is 0 Å². The molecule has 3 rings (SSSR count). The Bertz CT molecular complexity index is 790. The Hall–Kier alpha value is -2.89. The van der Waals surface area contributed by atoms with Crippen molar-refractivity contribution in [3.63, 3.8) is 0 Å². The number of carbonyl (C=O) groups excluding carboxylic acids is 1. The molecule has 6 nitrogen and oxygen atoms in total. The van der Waals surface area contributed by atoms with E-state index in [4.69, 9.17) is 0 Å². The van der Waals surface area contributed by atoms with Crippen LogP contribution in [0.25, 0.3) is 11.1 Å². The number of nitrogens with zero attached hydrogens (tertiary/aromatic N) is 4. The minimum absolute atomic E-state index is 0.0848. The average molecular weight is 309 g/mol. The van der Waals surface area contributed by atoms with Gasteiger partial charge >= 0.3 is 0 Å². The summed E-state index contributed by atoms with van der Waals surface area (Å²) in [4.78, 5) is 12.3. The number of carbonyl (C=O) groups is 1. The first-order valence-corrected chi connectivity index (χ1v) is 7.49. The third-order valence-electron chi connectivity index (χ3n) is 3.70. The fourth-order valence-electron chi connectivity index (χ4n) is 2.33. The maximum atomic E-state index is 12.3. The number of aromatic nitrogens is 4. The molecule has 3 aromatic rings. The number of nitrogens with one attached hydrogen (secondary N) is 1.